The summed E-state index contributed by atoms with van der Waals surface area (Å²) in [5.41, 5.74) is -0.532. The molecule has 5 heteroatoms. The van der Waals surface area contributed by atoms with Gasteiger partial charge in [-0.2, -0.15) is 4.39 Å². The van der Waals surface area contributed by atoms with Gasteiger partial charge in [0.2, 0.25) is 5.82 Å². The zero-order valence-electron chi connectivity index (χ0n) is 7.49. The van der Waals surface area contributed by atoms with Gasteiger partial charge < -0.3 is 0 Å². The lowest BCUT2D eigenvalue weighted by molar-refractivity contribution is -0.387. The van der Waals surface area contributed by atoms with Crippen LogP contribution >= 0.6 is 0 Å². The maximum absolute atomic E-state index is 13.3. The van der Waals surface area contributed by atoms with Crippen molar-refractivity contribution >= 4 is 11.5 Å². The topological polar surface area (TPSA) is 60.2 Å². The van der Waals surface area contributed by atoms with Gasteiger partial charge in [-0.1, -0.05) is 12.1 Å². The summed E-state index contributed by atoms with van der Waals surface area (Å²) in [4.78, 5) is 20.2. The predicted octanol–water partition coefficient (Wildman–Crippen LogP) is 1.87. The van der Waals surface area contributed by atoms with E-state index in [1.807, 2.05) is 0 Å². The lowest BCUT2D eigenvalue weighted by atomic mass is 10.1. The molecule has 0 aliphatic rings. The van der Waals surface area contributed by atoms with Gasteiger partial charge in [-0.25, -0.2) is 0 Å². The molecule has 0 aliphatic carbocycles. The van der Waals surface area contributed by atoms with Crippen molar-refractivity contribution in [3.8, 4) is 0 Å². The summed E-state index contributed by atoms with van der Waals surface area (Å²) in [6.07, 6.45) is -0.118. The molecular weight excluding hydrogens is 189 g/mol. The molecule has 0 atom stereocenters. The molecule has 0 fully saturated rings. The first-order valence-electron chi connectivity index (χ1n) is 3.93. The number of nitrogens with zero attached hydrogens (tertiary/aromatic N) is 1. The molecule has 0 N–H and O–H groups in total. The fourth-order valence-corrected chi connectivity index (χ4v) is 1.11. The monoisotopic (exact) mass is 197 g/mol. The van der Waals surface area contributed by atoms with Crippen molar-refractivity contribution in [1.82, 2.24) is 0 Å². The second-order valence-electron chi connectivity index (χ2n) is 2.89. The van der Waals surface area contributed by atoms with Gasteiger partial charge in [0.15, 0.2) is 0 Å². The molecule has 0 heterocycles. The number of Topliss-reactive ketones (excluding diaryl/α,β-unsaturated/α-hetero) is 1. The van der Waals surface area contributed by atoms with E-state index in [2.05, 4.69) is 0 Å². The Labute approximate surface area is 79.5 Å². The summed E-state index contributed by atoms with van der Waals surface area (Å²) in [5.74, 6) is -1.16. The van der Waals surface area contributed by atoms with E-state index in [0.717, 1.165) is 6.07 Å². The van der Waals surface area contributed by atoms with E-state index >= 15 is 0 Å². The fourth-order valence-electron chi connectivity index (χ4n) is 1.11. The van der Waals surface area contributed by atoms with E-state index in [1.54, 1.807) is 0 Å². The molecule has 1 rings (SSSR count). The summed E-state index contributed by atoms with van der Waals surface area (Å²) in [5, 5.41) is 10.3. The van der Waals surface area contributed by atoms with Crippen LogP contribution in [0.25, 0.3) is 0 Å². The SMILES string of the molecule is CC(=O)Cc1cccc([N+](=O)[O-])c1F. The van der Waals surface area contributed by atoms with Gasteiger partial charge in [-0.05, 0) is 6.92 Å². The number of ketones is 1. The van der Waals surface area contributed by atoms with Crippen LogP contribution < -0.4 is 0 Å². The van der Waals surface area contributed by atoms with Gasteiger partial charge in [0.25, 0.3) is 0 Å². The zero-order chi connectivity index (χ0) is 10.7. The minimum Gasteiger partial charge on any atom is -0.300 e. The largest absolute Gasteiger partial charge is 0.305 e. The minimum atomic E-state index is -0.923. The number of benzene rings is 1. The van der Waals surface area contributed by atoms with Crippen molar-refractivity contribution in [1.29, 1.82) is 0 Å². The molecule has 0 radical (unpaired) electrons. The summed E-state index contributed by atoms with van der Waals surface area (Å²) < 4.78 is 13.3. The van der Waals surface area contributed by atoms with Crippen molar-refractivity contribution in [2.24, 2.45) is 0 Å². The molecular formula is C9H8FNO3. The third kappa shape index (κ3) is 2.12. The van der Waals surface area contributed by atoms with Crippen LogP contribution in [0.3, 0.4) is 0 Å². The molecule has 0 bridgehead atoms. The number of nitro groups is 1. The van der Waals surface area contributed by atoms with E-state index in [0.29, 0.717) is 0 Å². The lowest BCUT2D eigenvalue weighted by Crippen LogP contribution is -2.02. The molecule has 0 aliphatic heterocycles. The Morgan fingerprint density at radius 1 is 1.57 bits per heavy atom. The Kier molecular flexibility index (Phi) is 2.91. The quantitative estimate of drug-likeness (QED) is 0.548. The average molecular weight is 197 g/mol. The smallest absolute Gasteiger partial charge is 0.300 e. The van der Waals surface area contributed by atoms with Crippen molar-refractivity contribution in [2.45, 2.75) is 13.3 Å². The Morgan fingerprint density at radius 2 is 2.21 bits per heavy atom. The first kappa shape index (κ1) is 10.3. The fraction of sp³-hybridized carbons (Fsp3) is 0.222. The molecule has 0 spiro atoms. The Balaban J connectivity index is 3.13. The zero-order valence-corrected chi connectivity index (χ0v) is 7.49. The second-order valence-corrected chi connectivity index (χ2v) is 2.89. The molecule has 4 nitrogen and oxygen atoms in total. The molecule has 0 aromatic heterocycles. The van der Waals surface area contributed by atoms with Crippen LogP contribution in [0.1, 0.15) is 12.5 Å². The van der Waals surface area contributed by atoms with E-state index < -0.39 is 16.4 Å². The highest BCUT2D eigenvalue weighted by molar-refractivity contribution is 5.78. The Bertz CT molecular complexity index is 390. The second kappa shape index (κ2) is 3.95. The van der Waals surface area contributed by atoms with Crippen molar-refractivity contribution in [2.75, 3.05) is 0 Å². The normalized spacial score (nSPS) is 9.86. The number of rotatable bonds is 3. The highest BCUT2D eigenvalue weighted by atomic mass is 19.1. The molecule has 0 saturated carbocycles. The van der Waals surface area contributed by atoms with Crippen LogP contribution in [0.5, 0.6) is 0 Å². The number of hydrogen-bond acceptors (Lipinski definition) is 3. The number of carbonyl (C=O) groups excluding carboxylic acids is 1. The summed E-state index contributed by atoms with van der Waals surface area (Å²) in [6.45, 7) is 1.30. The Hall–Kier alpha value is -1.78. The van der Waals surface area contributed by atoms with Crippen LogP contribution in [0.2, 0.25) is 0 Å². The first-order chi connectivity index (χ1) is 6.52. The maximum Gasteiger partial charge on any atom is 0.305 e. The molecule has 1 aromatic rings. The van der Waals surface area contributed by atoms with E-state index in [-0.39, 0.29) is 17.8 Å². The lowest BCUT2D eigenvalue weighted by Gasteiger charge is -2.00. The number of hydrogen-bond donors (Lipinski definition) is 0. The first-order valence-corrected chi connectivity index (χ1v) is 3.93. The Morgan fingerprint density at radius 3 is 2.71 bits per heavy atom. The van der Waals surface area contributed by atoms with E-state index in [4.69, 9.17) is 0 Å². The summed E-state index contributed by atoms with van der Waals surface area (Å²) in [7, 11) is 0. The third-order valence-corrected chi connectivity index (χ3v) is 1.69. The van der Waals surface area contributed by atoms with Crippen molar-refractivity contribution in [3.63, 3.8) is 0 Å². The molecule has 1 aromatic carbocycles. The average Bonchev–Trinajstić information content (AvgIpc) is 2.07. The molecule has 0 unspecified atom stereocenters. The van der Waals surface area contributed by atoms with Crippen LogP contribution in [0, 0.1) is 15.9 Å². The highest BCUT2D eigenvalue weighted by Crippen LogP contribution is 2.20. The van der Waals surface area contributed by atoms with Gasteiger partial charge >= 0.3 is 5.69 Å². The van der Waals surface area contributed by atoms with E-state index in [1.165, 1.54) is 19.1 Å². The number of nitro benzene ring substituents is 1. The van der Waals surface area contributed by atoms with Crippen molar-refractivity contribution in [3.05, 3.63) is 39.7 Å². The van der Waals surface area contributed by atoms with Gasteiger partial charge in [-0.15, -0.1) is 0 Å². The molecule has 14 heavy (non-hydrogen) atoms. The van der Waals surface area contributed by atoms with Crippen molar-refractivity contribution < 1.29 is 14.1 Å². The van der Waals surface area contributed by atoms with E-state index in [9.17, 15) is 19.3 Å². The summed E-state index contributed by atoms with van der Waals surface area (Å²) in [6, 6.07) is 3.79. The summed E-state index contributed by atoms with van der Waals surface area (Å²) >= 11 is 0. The van der Waals surface area contributed by atoms with Crippen LogP contribution in [0.4, 0.5) is 10.1 Å². The third-order valence-electron chi connectivity index (χ3n) is 1.69. The van der Waals surface area contributed by atoms with Gasteiger partial charge in [0.1, 0.15) is 5.78 Å². The van der Waals surface area contributed by atoms with Gasteiger partial charge in [-0.3, -0.25) is 14.9 Å². The van der Waals surface area contributed by atoms with Gasteiger partial charge in [0.05, 0.1) is 4.92 Å². The highest BCUT2D eigenvalue weighted by Gasteiger charge is 2.17. The van der Waals surface area contributed by atoms with Gasteiger partial charge in [0, 0.05) is 18.1 Å². The van der Waals surface area contributed by atoms with Crippen LogP contribution in [-0.4, -0.2) is 10.7 Å². The predicted molar refractivity (Wildman–Crippen MR) is 47.4 cm³/mol. The molecule has 0 saturated heterocycles. The minimum absolute atomic E-state index is 0.0618. The molecule has 0 amide bonds. The standard InChI is InChI=1S/C9H8FNO3/c1-6(12)5-7-3-2-4-8(9(7)10)11(13)14/h2-4H,5H2,1H3. The number of halogens is 1. The molecule has 74 valence electrons. The number of carbonyl (C=O) groups is 1. The maximum atomic E-state index is 13.3. The van der Waals surface area contributed by atoms with Crippen LogP contribution in [0.15, 0.2) is 18.2 Å². The van der Waals surface area contributed by atoms with Crippen LogP contribution in [-0.2, 0) is 11.2 Å².